The molecule has 7 heteroatoms. The number of ether oxygens (including phenoxy) is 1. The molecule has 2 heterocycles. The van der Waals surface area contributed by atoms with Gasteiger partial charge in [-0.15, -0.1) is 0 Å². The first kappa shape index (κ1) is 12.4. The molecule has 0 radical (unpaired) electrons. The summed E-state index contributed by atoms with van der Waals surface area (Å²) in [4.78, 5) is 15.5. The van der Waals surface area contributed by atoms with Gasteiger partial charge in [-0.2, -0.15) is 5.10 Å². The summed E-state index contributed by atoms with van der Waals surface area (Å²) in [6.07, 6.45) is 3.33. The second kappa shape index (κ2) is 5.54. The predicted octanol–water partition coefficient (Wildman–Crippen LogP) is 1.57. The molecule has 0 aromatic carbocycles. The largest absolute Gasteiger partial charge is 0.465 e. The molecule has 0 saturated heterocycles. The highest BCUT2D eigenvalue weighted by molar-refractivity contribution is 7.71. The van der Waals surface area contributed by atoms with Crippen LogP contribution in [-0.4, -0.2) is 32.3 Å². The first-order chi connectivity index (χ1) is 8.72. The normalized spacial score (nSPS) is 10.3. The Kier molecular flexibility index (Phi) is 3.83. The first-order valence-electron chi connectivity index (χ1n) is 5.43. The lowest BCUT2D eigenvalue weighted by Gasteiger charge is -2.05. The number of H-pyrrole nitrogens is 1. The van der Waals surface area contributed by atoms with E-state index in [1.54, 1.807) is 30.0 Å². The van der Waals surface area contributed by atoms with E-state index in [-0.39, 0.29) is 12.5 Å². The molecule has 0 spiro atoms. The van der Waals surface area contributed by atoms with Gasteiger partial charge < -0.3 is 4.74 Å². The van der Waals surface area contributed by atoms with Crippen molar-refractivity contribution in [1.82, 2.24) is 19.7 Å². The van der Waals surface area contributed by atoms with Crippen LogP contribution in [0.3, 0.4) is 0 Å². The van der Waals surface area contributed by atoms with E-state index in [0.29, 0.717) is 17.2 Å². The van der Waals surface area contributed by atoms with Gasteiger partial charge >= 0.3 is 5.97 Å². The smallest absolute Gasteiger partial charge is 0.326 e. The van der Waals surface area contributed by atoms with E-state index in [0.717, 1.165) is 5.56 Å². The summed E-state index contributed by atoms with van der Waals surface area (Å²) >= 11 is 5.09. The van der Waals surface area contributed by atoms with Crippen LogP contribution in [-0.2, 0) is 16.1 Å². The Bertz CT molecular complexity index is 591. The van der Waals surface area contributed by atoms with E-state index in [4.69, 9.17) is 17.0 Å². The lowest BCUT2D eigenvalue weighted by Crippen LogP contribution is -2.14. The van der Waals surface area contributed by atoms with E-state index < -0.39 is 0 Å². The Hall–Kier alpha value is -2.02. The zero-order chi connectivity index (χ0) is 13.0. The maximum Gasteiger partial charge on any atom is 0.326 e. The third kappa shape index (κ3) is 2.62. The van der Waals surface area contributed by atoms with Crippen molar-refractivity contribution in [3.63, 3.8) is 0 Å². The molecule has 0 fully saturated rings. The summed E-state index contributed by atoms with van der Waals surface area (Å²) in [5.74, 6) is 0.223. The highest BCUT2D eigenvalue weighted by Gasteiger charge is 2.12. The molecule has 0 aliphatic heterocycles. The van der Waals surface area contributed by atoms with E-state index in [2.05, 4.69) is 15.2 Å². The average Bonchev–Trinajstić information content (AvgIpc) is 2.73. The van der Waals surface area contributed by atoms with Crippen molar-refractivity contribution in [2.24, 2.45) is 0 Å². The Morgan fingerprint density at radius 2 is 2.44 bits per heavy atom. The lowest BCUT2D eigenvalue weighted by molar-refractivity contribution is -0.143. The first-order valence-corrected chi connectivity index (χ1v) is 5.84. The van der Waals surface area contributed by atoms with Crippen molar-refractivity contribution in [3.8, 4) is 11.4 Å². The maximum atomic E-state index is 11.5. The molecule has 2 rings (SSSR count). The molecule has 0 bridgehead atoms. The number of pyridine rings is 1. The summed E-state index contributed by atoms with van der Waals surface area (Å²) < 4.78 is 6.86. The van der Waals surface area contributed by atoms with Gasteiger partial charge in [-0.1, -0.05) is 0 Å². The molecule has 0 aliphatic rings. The molecule has 0 unspecified atom stereocenters. The molecular weight excluding hydrogens is 252 g/mol. The summed E-state index contributed by atoms with van der Waals surface area (Å²) in [6.45, 7) is 2.13. The Morgan fingerprint density at radius 3 is 3.11 bits per heavy atom. The molecule has 18 heavy (non-hydrogen) atoms. The Balaban J connectivity index is 2.34. The summed E-state index contributed by atoms with van der Waals surface area (Å²) in [5, 5.41) is 6.76. The number of carbonyl (C=O) groups is 1. The van der Waals surface area contributed by atoms with Crippen LogP contribution in [0.2, 0.25) is 0 Å². The zero-order valence-corrected chi connectivity index (χ0v) is 10.6. The van der Waals surface area contributed by atoms with Gasteiger partial charge in [0, 0.05) is 18.0 Å². The van der Waals surface area contributed by atoms with Gasteiger partial charge in [0.2, 0.25) is 0 Å². The van der Waals surface area contributed by atoms with Crippen molar-refractivity contribution in [3.05, 3.63) is 29.3 Å². The molecule has 94 valence electrons. The number of nitrogens with one attached hydrogen (secondary N) is 1. The highest BCUT2D eigenvalue weighted by atomic mass is 32.1. The number of aromatic amines is 1. The number of aromatic nitrogens is 4. The minimum atomic E-state index is -0.347. The fraction of sp³-hybridized carbons (Fsp3) is 0.273. The van der Waals surface area contributed by atoms with Gasteiger partial charge in [-0.25, -0.2) is 0 Å². The van der Waals surface area contributed by atoms with Crippen LogP contribution in [0.4, 0.5) is 0 Å². The minimum absolute atomic E-state index is 0.0351. The predicted molar refractivity (Wildman–Crippen MR) is 67.3 cm³/mol. The van der Waals surface area contributed by atoms with Crippen LogP contribution in [0.25, 0.3) is 11.4 Å². The van der Waals surface area contributed by atoms with Crippen LogP contribution in [0, 0.1) is 4.77 Å². The van der Waals surface area contributed by atoms with Crippen LogP contribution in [0.5, 0.6) is 0 Å². The molecule has 0 atom stereocenters. The second-order valence-corrected chi connectivity index (χ2v) is 3.87. The number of esters is 1. The zero-order valence-electron chi connectivity index (χ0n) is 9.79. The van der Waals surface area contributed by atoms with Crippen molar-refractivity contribution in [2.45, 2.75) is 13.5 Å². The van der Waals surface area contributed by atoms with Crippen molar-refractivity contribution in [2.75, 3.05) is 6.61 Å². The Labute approximate surface area is 109 Å². The van der Waals surface area contributed by atoms with E-state index >= 15 is 0 Å². The summed E-state index contributed by atoms with van der Waals surface area (Å²) in [6, 6.07) is 3.64. The number of hydrogen-bond donors (Lipinski definition) is 1. The lowest BCUT2D eigenvalue weighted by atomic mass is 10.3. The minimum Gasteiger partial charge on any atom is -0.465 e. The maximum absolute atomic E-state index is 11.5. The topological polar surface area (TPSA) is 72.8 Å². The van der Waals surface area contributed by atoms with Gasteiger partial charge in [0.15, 0.2) is 10.6 Å². The van der Waals surface area contributed by atoms with Gasteiger partial charge in [-0.3, -0.25) is 19.4 Å². The molecule has 6 nitrogen and oxygen atoms in total. The quantitative estimate of drug-likeness (QED) is 0.670. The number of carbonyl (C=O) groups excluding carboxylic acids is 1. The van der Waals surface area contributed by atoms with Gasteiger partial charge in [0.25, 0.3) is 0 Å². The third-order valence-corrected chi connectivity index (χ3v) is 2.58. The SMILES string of the molecule is CCOC(=O)Cn1c(-c2cccnc2)n[nH]c1=S. The monoisotopic (exact) mass is 264 g/mol. The van der Waals surface area contributed by atoms with Crippen molar-refractivity contribution >= 4 is 18.2 Å². The van der Waals surface area contributed by atoms with Crippen LogP contribution in [0.15, 0.2) is 24.5 Å². The van der Waals surface area contributed by atoms with Gasteiger partial charge in [-0.05, 0) is 31.3 Å². The van der Waals surface area contributed by atoms with Crippen LogP contribution < -0.4 is 0 Å². The highest BCUT2D eigenvalue weighted by Crippen LogP contribution is 2.15. The van der Waals surface area contributed by atoms with Crippen molar-refractivity contribution in [1.29, 1.82) is 0 Å². The molecular formula is C11H12N4O2S. The van der Waals surface area contributed by atoms with Crippen LogP contribution in [0.1, 0.15) is 6.92 Å². The number of nitrogens with zero attached hydrogens (tertiary/aromatic N) is 3. The van der Waals surface area contributed by atoms with E-state index in [1.807, 2.05) is 6.07 Å². The molecule has 0 aliphatic carbocycles. The molecule has 2 aromatic rings. The second-order valence-electron chi connectivity index (χ2n) is 3.49. The average molecular weight is 264 g/mol. The van der Waals surface area contributed by atoms with Gasteiger partial charge in [0.1, 0.15) is 6.54 Å². The molecule has 1 N–H and O–H groups in total. The molecule has 0 amide bonds. The number of hydrogen-bond acceptors (Lipinski definition) is 5. The van der Waals surface area contributed by atoms with E-state index in [1.165, 1.54) is 0 Å². The Morgan fingerprint density at radius 1 is 1.61 bits per heavy atom. The van der Waals surface area contributed by atoms with Gasteiger partial charge in [0.05, 0.1) is 6.61 Å². The molecule has 0 saturated carbocycles. The fourth-order valence-corrected chi connectivity index (χ4v) is 1.71. The summed E-state index contributed by atoms with van der Waals surface area (Å²) in [5.41, 5.74) is 0.786. The summed E-state index contributed by atoms with van der Waals surface area (Å²) in [7, 11) is 0. The van der Waals surface area contributed by atoms with E-state index in [9.17, 15) is 4.79 Å². The van der Waals surface area contributed by atoms with Crippen molar-refractivity contribution < 1.29 is 9.53 Å². The van der Waals surface area contributed by atoms with Crippen LogP contribution >= 0.6 is 12.2 Å². The standard InChI is InChI=1S/C11H12N4O2S/c1-2-17-9(16)7-15-10(13-14-11(15)18)8-4-3-5-12-6-8/h3-6H,2,7H2,1H3,(H,14,18). The number of rotatable bonds is 4. The fourth-order valence-electron chi connectivity index (χ4n) is 1.52. The third-order valence-electron chi connectivity index (χ3n) is 2.27. The molecule has 2 aromatic heterocycles.